The second-order valence-corrected chi connectivity index (χ2v) is 7.06. The minimum Gasteiger partial charge on any atom is -0.381 e. The van der Waals surface area contributed by atoms with E-state index in [0.29, 0.717) is 12.0 Å². The minimum atomic E-state index is 0.557. The van der Waals surface area contributed by atoms with E-state index in [9.17, 15) is 0 Å². The number of anilines is 1. The molecule has 0 aliphatic heterocycles. The van der Waals surface area contributed by atoms with Crippen molar-refractivity contribution in [1.29, 1.82) is 0 Å². The van der Waals surface area contributed by atoms with Crippen LogP contribution in [0, 0.1) is 6.92 Å². The molecule has 2 nitrogen and oxygen atoms in total. The summed E-state index contributed by atoms with van der Waals surface area (Å²) in [7, 11) is 0. The number of halogens is 2. The smallest absolute Gasteiger partial charge is 0.109 e. The van der Waals surface area contributed by atoms with E-state index in [0.717, 1.165) is 15.9 Å². The molecular formula is C16H16Br2N2. The normalized spacial score (nSPS) is 21.4. The molecule has 2 aromatic rings. The van der Waals surface area contributed by atoms with Crippen molar-refractivity contribution in [3.63, 3.8) is 0 Å². The van der Waals surface area contributed by atoms with Gasteiger partial charge < -0.3 is 5.32 Å². The van der Waals surface area contributed by atoms with E-state index in [2.05, 4.69) is 79.4 Å². The third-order valence-electron chi connectivity index (χ3n) is 3.84. The van der Waals surface area contributed by atoms with Crippen molar-refractivity contribution in [2.45, 2.75) is 31.7 Å². The van der Waals surface area contributed by atoms with Crippen molar-refractivity contribution in [2.75, 3.05) is 5.32 Å². The average molecular weight is 396 g/mol. The fraction of sp³-hybridized carbons (Fsp3) is 0.312. The highest BCUT2D eigenvalue weighted by Gasteiger charge is 2.30. The lowest BCUT2D eigenvalue weighted by molar-refractivity contribution is 0.374. The van der Waals surface area contributed by atoms with Crippen LogP contribution in [0.5, 0.6) is 0 Å². The van der Waals surface area contributed by atoms with Gasteiger partial charge in [0.15, 0.2) is 0 Å². The number of benzene rings is 1. The summed E-state index contributed by atoms with van der Waals surface area (Å²) in [6, 6.07) is 11.3. The molecule has 3 rings (SSSR count). The Labute approximate surface area is 136 Å². The molecule has 1 fully saturated rings. The Kier molecular flexibility index (Phi) is 4.13. The number of nitrogens with zero attached hydrogens (tertiary/aromatic N) is 1. The molecule has 0 unspecified atom stereocenters. The van der Waals surface area contributed by atoms with Crippen molar-refractivity contribution in [3.05, 3.63) is 56.7 Å². The molecular weight excluding hydrogens is 380 g/mol. The SMILES string of the molecule is Cc1cc(NC2CC(c3cccc(Br)c3)C2)cnc1Br. The molecule has 104 valence electrons. The second kappa shape index (κ2) is 5.86. The van der Waals surface area contributed by atoms with Crippen molar-refractivity contribution in [1.82, 2.24) is 4.98 Å². The monoisotopic (exact) mass is 394 g/mol. The lowest BCUT2D eigenvalue weighted by Crippen LogP contribution is -2.34. The molecule has 1 aromatic heterocycles. The van der Waals surface area contributed by atoms with Gasteiger partial charge in [-0.15, -0.1) is 0 Å². The summed E-state index contributed by atoms with van der Waals surface area (Å²) in [5, 5.41) is 3.57. The topological polar surface area (TPSA) is 24.9 Å². The lowest BCUT2D eigenvalue weighted by Gasteiger charge is -2.37. The highest BCUT2D eigenvalue weighted by Crippen LogP contribution is 2.39. The summed E-state index contributed by atoms with van der Waals surface area (Å²) in [6.07, 6.45) is 4.26. The fourth-order valence-electron chi connectivity index (χ4n) is 2.64. The first kappa shape index (κ1) is 14.1. The predicted octanol–water partition coefficient (Wildman–Crippen LogP) is 5.27. The van der Waals surface area contributed by atoms with Crippen LogP contribution in [0.3, 0.4) is 0 Å². The van der Waals surface area contributed by atoms with E-state index in [1.807, 2.05) is 6.20 Å². The Morgan fingerprint density at radius 1 is 1.20 bits per heavy atom. The first-order valence-electron chi connectivity index (χ1n) is 6.76. The van der Waals surface area contributed by atoms with Crippen LogP contribution < -0.4 is 5.32 Å². The van der Waals surface area contributed by atoms with Crippen LogP contribution >= 0.6 is 31.9 Å². The Hall–Kier alpha value is -0.870. The van der Waals surface area contributed by atoms with Gasteiger partial charge in [0.25, 0.3) is 0 Å². The lowest BCUT2D eigenvalue weighted by atomic mass is 9.76. The van der Waals surface area contributed by atoms with Crippen LogP contribution in [0.25, 0.3) is 0 Å². The Bertz CT molecular complexity index is 622. The van der Waals surface area contributed by atoms with Crippen molar-refractivity contribution >= 4 is 37.5 Å². The van der Waals surface area contributed by atoms with Crippen molar-refractivity contribution in [3.8, 4) is 0 Å². The highest BCUT2D eigenvalue weighted by molar-refractivity contribution is 9.10. The van der Waals surface area contributed by atoms with Crippen molar-refractivity contribution < 1.29 is 0 Å². The van der Waals surface area contributed by atoms with Crippen LogP contribution in [0.2, 0.25) is 0 Å². The molecule has 1 heterocycles. The maximum Gasteiger partial charge on any atom is 0.109 e. The Morgan fingerprint density at radius 3 is 2.70 bits per heavy atom. The number of nitrogens with one attached hydrogen (secondary N) is 1. The van der Waals surface area contributed by atoms with E-state index < -0.39 is 0 Å². The molecule has 1 saturated carbocycles. The molecule has 0 bridgehead atoms. The number of aromatic nitrogens is 1. The van der Waals surface area contributed by atoms with Gasteiger partial charge in [0.2, 0.25) is 0 Å². The number of hydrogen-bond acceptors (Lipinski definition) is 2. The highest BCUT2D eigenvalue weighted by atomic mass is 79.9. The zero-order valence-electron chi connectivity index (χ0n) is 11.2. The summed E-state index contributed by atoms with van der Waals surface area (Å²) in [6.45, 7) is 2.06. The molecule has 1 aliphatic rings. The molecule has 0 atom stereocenters. The average Bonchev–Trinajstić information content (AvgIpc) is 2.37. The summed E-state index contributed by atoms with van der Waals surface area (Å²) in [4.78, 5) is 4.33. The number of aryl methyl sites for hydroxylation is 1. The third-order valence-corrected chi connectivity index (χ3v) is 5.17. The molecule has 1 N–H and O–H groups in total. The maximum atomic E-state index is 4.33. The summed E-state index contributed by atoms with van der Waals surface area (Å²) < 4.78 is 2.09. The van der Waals surface area contributed by atoms with Crippen LogP contribution in [-0.4, -0.2) is 11.0 Å². The zero-order valence-corrected chi connectivity index (χ0v) is 14.4. The zero-order chi connectivity index (χ0) is 14.1. The van der Waals surface area contributed by atoms with Crippen LogP contribution in [0.1, 0.15) is 29.9 Å². The predicted molar refractivity (Wildman–Crippen MR) is 90.2 cm³/mol. The van der Waals surface area contributed by atoms with Crippen molar-refractivity contribution in [2.24, 2.45) is 0 Å². The first-order valence-corrected chi connectivity index (χ1v) is 8.34. The van der Waals surface area contributed by atoms with Gasteiger partial charge in [-0.3, -0.25) is 0 Å². The maximum absolute atomic E-state index is 4.33. The quantitative estimate of drug-likeness (QED) is 0.715. The molecule has 0 saturated heterocycles. The first-order chi connectivity index (χ1) is 9.61. The summed E-state index contributed by atoms with van der Waals surface area (Å²) in [5.41, 5.74) is 3.71. The van der Waals surface area contributed by atoms with Gasteiger partial charge in [-0.1, -0.05) is 28.1 Å². The largest absolute Gasteiger partial charge is 0.381 e. The van der Waals surface area contributed by atoms with Gasteiger partial charge in [0.1, 0.15) is 4.60 Å². The number of rotatable bonds is 3. The van der Waals surface area contributed by atoms with Gasteiger partial charge in [-0.2, -0.15) is 0 Å². The molecule has 1 aliphatic carbocycles. The molecule has 0 amide bonds. The summed E-state index contributed by atoms with van der Waals surface area (Å²) in [5.74, 6) is 0.675. The van der Waals surface area contributed by atoms with Gasteiger partial charge in [-0.25, -0.2) is 4.98 Å². The van der Waals surface area contributed by atoms with E-state index >= 15 is 0 Å². The van der Waals surface area contributed by atoms with Gasteiger partial charge in [-0.05, 0) is 70.9 Å². The van der Waals surface area contributed by atoms with Gasteiger partial charge in [0.05, 0.1) is 11.9 Å². The van der Waals surface area contributed by atoms with Gasteiger partial charge in [0, 0.05) is 10.5 Å². The Morgan fingerprint density at radius 2 is 2.00 bits per heavy atom. The van der Waals surface area contributed by atoms with E-state index in [4.69, 9.17) is 0 Å². The number of pyridine rings is 1. The minimum absolute atomic E-state index is 0.557. The molecule has 1 aromatic carbocycles. The standard InChI is InChI=1S/C16H16Br2N2/c1-10-5-15(9-19-16(10)18)20-14-7-12(8-14)11-3-2-4-13(17)6-11/h2-6,9,12,14,20H,7-8H2,1H3. The van der Waals surface area contributed by atoms with Crippen LogP contribution in [0.4, 0.5) is 5.69 Å². The molecule has 4 heteroatoms. The fourth-order valence-corrected chi connectivity index (χ4v) is 3.27. The second-order valence-electron chi connectivity index (χ2n) is 5.40. The number of hydrogen-bond donors (Lipinski definition) is 1. The van der Waals surface area contributed by atoms with Crippen LogP contribution in [-0.2, 0) is 0 Å². The molecule has 0 spiro atoms. The molecule has 0 radical (unpaired) electrons. The van der Waals surface area contributed by atoms with E-state index in [1.165, 1.54) is 22.9 Å². The van der Waals surface area contributed by atoms with Gasteiger partial charge >= 0.3 is 0 Å². The van der Waals surface area contributed by atoms with E-state index in [1.54, 1.807) is 0 Å². The Balaban J connectivity index is 1.59. The van der Waals surface area contributed by atoms with Crippen LogP contribution in [0.15, 0.2) is 45.6 Å². The molecule has 20 heavy (non-hydrogen) atoms. The van der Waals surface area contributed by atoms with E-state index in [-0.39, 0.29) is 0 Å². The summed E-state index contributed by atoms with van der Waals surface area (Å²) >= 11 is 6.97. The third kappa shape index (κ3) is 3.07.